The Morgan fingerprint density at radius 2 is 1.80 bits per heavy atom. The Kier molecular flexibility index (Phi) is 4.18. The molecule has 0 atom stereocenters. The standard InChI is InChI=1S/C17H17FO2/c1-4-20-17(19)14-8-13(9-15(18)10-14)16-11(2)6-5-7-12(16)3/h5-10H,4H2,1-3H3. The van der Waals surface area contributed by atoms with Gasteiger partial charge in [0.05, 0.1) is 12.2 Å². The van der Waals surface area contributed by atoms with Crippen molar-refractivity contribution in [2.24, 2.45) is 0 Å². The summed E-state index contributed by atoms with van der Waals surface area (Å²) in [7, 11) is 0. The maximum absolute atomic E-state index is 13.8. The Balaban J connectivity index is 2.55. The second-order valence-electron chi connectivity index (χ2n) is 4.72. The quantitative estimate of drug-likeness (QED) is 0.779. The molecule has 0 fully saturated rings. The molecule has 0 unspecified atom stereocenters. The highest BCUT2D eigenvalue weighted by atomic mass is 19.1. The third-order valence-corrected chi connectivity index (χ3v) is 3.18. The predicted molar refractivity (Wildman–Crippen MR) is 77.3 cm³/mol. The van der Waals surface area contributed by atoms with Crippen LogP contribution in [0.4, 0.5) is 4.39 Å². The molecule has 0 aromatic heterocycles. The third kappa shape index (κ3) is 2.87. The van der Waals surface area contributed by atoms with E-state index in [9.17, 15) is 9.18 Å². The Labute approximate surface area is 118 Å². The zero-order valence-electron chi connectivity index (χ0n) is 11.9. The number of benzene rings is 2. The molecule has 20 heavy (non-hydrogen) atoms. The van der Waals surface area contributed by atoms with Crippen LogP contribution in [0.5, 0.6) is 0 Å². The summed E-state index contributed by atoms with van der Waals surface area (Å²) in [6.07, 6.45) is 0. The first kappa shape index (κ1) is 14.3. The van der Waals surface area contributed by atoms with E-state index >= 15 is 0 Å². The van der Waals surface area contributed by atoms with Gasteiger partial charge in [-0.25, -0.2) is 9.18 Å². The Hall–Kier alpha value is -2.16. The third-order valence-electron chi connectivity index (χ3n) is 3.18. The van der Waals surface area contributed by atoms with Gasteiger partial charge in [0.25, 0.3) is 0 Å². The fraction of sp³-hybridized carbons (Fsp3) is 0.235. The lowest BCUT2D eigenvalue weighted by Crippen LogP contribution is -2.05. The first-order chi connectivity index (χ1) is 9.52. The minimum absolute atomic E-state index is 0.240. The van der Waals surface area contributed by atoms with E-state index < -0.39 is 11.8 Å². The fourth-order valence-corrected chi connectivity index (χ4v) is 2.34. The van der Waals surface area contributed by atoms with Gasteiger partial charge in [0.15, 0.2) is 0 Å². The van der Waals surface area contributed by atoms with E-state index in [2.05, 4.69) is 0 Å². The Morgan fingerprint density at radius 3 is 2.40 bits per heavy atom. The molecule has 2 rings (SSSR count). The van der Waals surface area contributed by atoms with Crippen LogP contribution in [-0.2, 0) is 4.74 Å². The van der Waals surface area contributed by atoms with E-state index in [0.717, 1.165) is 16.7 Å². The molecule has 0 N–H and O–H groups in total. The summed E-state index contributed by atoms with van der Waals surface area (Å²) in [4.78, 5) is 11.8. The maximum atomic E-state index is 13.8. The second-order valence-corrected chi connectivity index (χ2v) is 4.72. The molecule has 0 bridgehead atoms. The van der Waals surface area contributed by atoms with Crippen LogP contribution < -0.4 is 0 Å². The van der Waals surface area contributed by atoms with Gasteiger partial charge in [0, 0.05) is 0 Å². The van der Waals surface area contributed by atoms with E-state index in [1.165, 1.54) is 12.1 Å². The van der Waals surface area contributed by atoms with Gasteiger partial charge in [0.1, 0.15) is 5.82 Å². The molecule has 0 amide bonds. The van der Waals surface area contributed by atoms with Gasteiger partial charge in [-0.2, -0.15) is 0 Å². The predicted octanol–water partition coefficient (Wildman–Crippen LogP) is 4.29. The molecule has 0 radical (unpaired) electrons. The number of carbonyl (C=O) groups is 1. The summed E-state index contributed by atoms with van der Waals surface area (Å²) in [6.45, 7) is 5.94. The van der Waals surface area contributed by atoms with Crippen LogP contribution in [0.1, 0.15) is 28.4 Å². The fourth-order valence-electron chi connectivity index (χ4n) is 2.34. The zero-order valence-corrected chi connectivity index (χ0v) is 11.9. The van der Waals surface area contributed by atoms with E-state index in [4.69, 9.17) is 4.74 Å². The number of ether oxygens (including phenoxy) is 1. The van der Waals surface area contributed by atoms with Gasteiger partial charge in [-0.15, -0.1) is 0 Å². The lowest BCUT2D eigenvalue weighted by atomic mass is 9.94. The van der Waals surface area contributed by atoms with Crippen molar-refractivity contribution in [1.29, 1.82) is 0 Å². The molecule has 3 heteroatoms. The molecule has 2 aromatic rings. The minimum atomic E-state index is -0.500. The molecule has 0 aliphatic carbocycles. The molecule has 0 aliphatic heterocycles. The minimum Gasteiger partial charge on any atom is -0.462 e. The maximum Gasteiger partial charge on any atom is 0.338 e. The number of halogens is 1. The van der Waals surface area contributed by atoms with Gasteiger partial charge in [0.2, 0.25) is 0 Å². The number of hydrogen-bond donors (Lipinski definition) is 0. The number of aryl methyl sites for hydroxylation is 2. The molecule has 0 spiro atoms. The van der Waals surface area contributed by atoms with Crippen LogP contribution in [0.15, 0.2) is 36.4 Å². The highest BCUT2D eigenvalue weighted by Crippen LogP contribution is 2.28. The molecule has 2 nitrogen and oxygen atoms in total. The molecular weight excluding hydrogens is 255 g/mol. The van der Waals surface area contributed by atoms with Crippen molar-refractivity contribution in [3.63, 3.8) is 0 Å². The molecule has 0 saturated heterocycles. The van der Waals surface area contributed by atoms with Crippen LogP contribution in [0, 0.1) is 19.7 Å². The molecular formula is C17H17FO2. The summed E-state index contributed by atoms with van der Waals surface area (Å²) in [5, 5.41) is 0. The van der Waals surface area contributed by atoms with Crippen LogP contribution in [0.3, 0.4) is 0 Å². The number of esters is 1. The first-order valence-corrected chi connectivity index (χ1v) is 6.57. The topological polar surface area (TPSA) is 26.3 Å². The van der Waals surface area contributed by atoms with Gasteiger partial charge >= 0.3 is 5.97 Å². The average Bonchev–Trinajstić information content (AvgIpc) is 2.38. The van der Waals surface area contributed by atoms with Gasteiger partial charge in [-0.3, -0.25) is 0 Å². The highest BCUT2D eigenvalue weighted by molar-refractivity contribution is 5.91. The van der Waals surface area contributed by atoms with Gasteiger partial charge in [-0.1, -0.05) is 18.2 Å². The SMILES string of the molecule is CCOC(=O)c1cc(F)cc(-c2c(C)cccc2C)c1. The van der Waals surface area contributed by atoms with Crippen molar-refractivity contribution in [1.82, 2.24) is 0 Å². The summed E-state index contributed by atoms with van der Waals surface area (Å²) in [5.74, 6) is -0.937. The van der Waals surface area contributed by atoms with Crippen molar-refractivity contribution >= 4 is 5.97 Å². The molecule has 104 valence electrons. The summed E-state index contributed by atoms with van der Waals surface area (Å²) >= 11 is 0. The molecule has 0 heterocycles. The van der Waals surface area contributed by atoms with Crippen molar-refractivity contribution in [3.05, 3.63) is 58.9 Å². The molecule has 0 aliphatic rings. The number of rotatable bonds is 3. The van der Waals surface area contributed by atoms with Crippen LogP contribution in [0.2, 0.25) is 0 Å². The number of carbonyl (C=O) groups excluding carboxylic acids is 1. The Bertz CT molecular complexity index is 627. The van der Waals surface area contributed by atoms with Crippen LogP contribution >= 0.6 is 0 Å². The first-order valence-electron chi connectivity index (χ1n) is 6.57. The van der Waals surface area contributed by atoms with Crippen molar-refractivity contribution < 1.29 is 13.9 Å². The highest BCUT2D eigenvalue weighted by Gasteiger charge is 2.13. The van der Waals surface area contributed by atoms with Crippen molar-refractivity contribution in [2.75, 3.05) is 6.61 Å². The van der Waals surface area contributed by atoms with Crippen molar-refractivity contribution in [2.45, 2.75) is 20.8 Å². The van der Waals surface area contributed by atoms with Crippen molar-refractivity contribution in [3.8, 4) is 11.1 Å². The van der Waals surface area contributed by atoms with E-state index in [1.807, 2.05) is 32.0 Å². The van der Waals surface area contributed by atoms with E-state index in [0.29, 0.717) is 5.56 Å². The van der Waals surface area contributed by atoms with E-state index in [1.54, 1.807) is 13.0 Å². The number of hydrogen-bond acceptors (Lipinski definition) is 2. The summed E-state index contributed by atoms with van der Waals surface area (Å²) < 4.78 is 18.7. The van der Waals surface area contributed by atoms with Gasteiger partial charge in [-0.05, 0) is 61.2 Å². The zero-order chi connectivity index (χ0) is 14.7. The monoisotopic (exact) mass is 272 g/mol. The van der Waals surface area contributed by atoms with E-state index in [-0.39, 0.29) is 12.2 Å². The average molecular weight is 272 g/mol. The molecule has 2 aromatic carbocycles. The molecule has 0 saturated carbocycles. The Morgan fingerprint density at radius 1 is 1.15 bits per heavy atom. The van der Waals surface area contributed by atoms with Gasteiger partial charge < -0.3 is 4.74 Å². The lowest BCUT2D eigenvalue weighted by Gasteiger charge is -2.11. The summed E-state index contributed by atoms with van der Waals surface area (Å²) in [5.41, 5.74) is 3.99. The summed E-state index contributed by atoms with van der Waals surface area (Å²) in [6, 6.07) is 10.2. The largest absolute Gasteiger partial charge is 0.462 e. The lowest BCUT2D eigenvalue weighted by molar-refractivity contribution is 0.0526. The second kappa shape index (κ2) is 5.87. The smallest absolute Gasteiger partial charge is 0.338 e. The van der Waals surface area contributed by atoms with Crippen LogP contribution in [-0.4, -0.2) is 12.6 Å². The van der Waals surface area contributed by atoms with Crippen LogP contribution in [0.25, 0.3) is 11.1 Å². The normalized spacial score (nSPS) is 10.4.